The predicted molar refractivity (Wildman–Crippen MR) is 141 cm³/mol. The number of aryl methyl sites for hydroxylation is 2. The maximum atomic E-state index is 13.5. The highest BCUT2D eigenvalue weighted by atomic mass is 32.2. The molecular weight excluding hydrogens is 497 g/mol. The molecule has 0 aliphatic rings. The van der Waals surface area contributed by atoms with Crippen LogP contribution in [0.25, 0.3) is 22.4 Å². The van der Waals surface area contributed by atoms with Crippen molar-refractivity contribution in [3.63, 3.8) is 0 Å². The lowest BCUT2D eigenvalue weighted by Gasteiger charge is -2.19. The molecule has 0 spiro atoms. The molecule has 8 nitrogen and oxygen atoms in total. The summed E-state index contributed by atoms with van der Waals surface area (Å²) in [6.45, 7) is 2.12. The summed E-state index contributed by atoms with van der Waals surface area (Å²) in [5.74, 6) is 0.454. The Balaban J connectivity index is 1.72. The van der Waals surface area contributed by atoms with Crippen molar-refractivity contribution in [2.45, 2.75) is 26.2 Å². The van der Waals surface area contributed by atoms with Gasteiger partial charge in [0.1, 0.15) is 23.1 Å². The van der Waals surface area contributed by atoms with E-state index in [2.05, 4.69) is 10.3 Å². The van der Waals surface area contributed by atoms with Gasteiger partial charge < -0.3 is 14.5 Å². The summed E-state index contributed by atoms with van der Waals surface area (Å²) in [7, 11) is 0.127. The Morgan fingerprint density at radius 1 is 1.14 bits per heavy atom. The topological polar surface area (TPSA) is 102 Å². The third-order valence-corrected chi connectivity index (χ3v) is 6.90. The molecule has 2 aromatic carbocycles. The van der Waals surface area contributed by atoms with E-state index < -0.39 is 16.7 Å². The van der Waals surface area contributed by atoms with Crippen LogP contribution in [0.1, 0.15) is 34.8 Å². The lowest BCUT2D eigenvalue weighted by molar-refractivity contribution is 0.0964. The van der Waals surface area contributed by atoms with Crippen molar-refractivity contribution in [2.75, 3.05) is 25.0 Å². The first kappa shape index (κ1) is 26.2. The largest absolute Gasteiger partial charge is 0.497 e. The normalized spacial score (nSPS) is 11.2. The minimum absolute atomic E-state index is 0.127. The van der Waals surface area contributed by atoms with Crippen LogP contribution >= 0.6 is 0 Å². The maximum absolute atomic E-state index is 13.5. The molecule has 0 saturated heterocycles. The molecule has 10 heteroatoms. The van der Waals surface area contributed by atoms with E-state index in [0.29, 0.717) is 35.8 Å². The molecule has 4 aromatic rings. The van der Waals surface area contributed by atoms with Crippen LogP contribution in [0.2, 0.25) is 0 Å². The van der Waals surface area contributed by atoms with Crippen molar-refractivity contribution in [3.8, 4) is 17.1 Å². The van der Waals surface area contributed by atoms with Gasteiger partial charge in [0.05, 0.1) is 18.1 Å². The summed E-state index contributed by atoms with van der Waals surface area (Å²) >= 11 is 0. The Labute approximate surface area is 216 Å². The molecule has 2 aromatic heterocycles. The quantitative estimate of drug-likeness (QED) is 0.295. The van der Waals surface area contributed by atoms with E-state index in [1.807, 2.05) is 31.2 Å². The molecule has 1 N–H and O–H groups in total. The number of furan rings is 1. The molecule has 0 aliphatic heterocycles. The number of pyridine rings is 1. The minimum Gasteiger partial charge on any atom is -0.497 e. The van der Waals surface area contributed by atoms with Crippen LogP contribution in [-0.2, 0) is 23.7 Å². The zero-order valence-corrected chi connectivity index (χ0v) is 21.7. The molecule has 0 bridgehead atoms. The smallest absolute Gasteiger partial charge is 0.255 e. The summed E-state index contributed by atoms with van der Waals surface area (Å²) in [6.07, 6.45) is 1.73. The number of methoxy groups -OCH3 is 1. The third kappa shape index (κ3) is 5.59. The van der Waals surface area contributed by atoms with Crippen LogP contribution in [0.15, 0.2) is 59.0 Å². The number of hydrogen-bond acceptors (Lipinski definition) is 6. The molecular formula is C27H28FN3O5S. The van der Waals surface area contributed by atoms with E-state index in [9.17, 15) is 17.6 Å². The molecule has 4 rings (SSSR count). The first-order valence-electron chi connectivity index (χ1n) is 11.9. The fourth-order valence-corrected chi connectivity index (χ4v) is 4.82. The Hall–Kier alpha value is -3.92. The lowest BCUT2D eigenvalue weighted by atomic mass is 10.0. The number of benzene rings is 2. The number of thiol groups is 1. The SMILES string of the molecule is CCc1cc2c(C(=O)NC)c(-c3ccc(F)cc3)oc2nc1N(CCCc1ccc(OC)cc1)[SH](=O)=O. The van der Waals surface area contributed by atoms with E-state index in [0.717, 1.165) is 11.3 Å². The number of aromatic nitrogens is 1. The van der Waals surface area contributed by atoms with E-state index in [4.69, 9.17) is 9.15 Å². The van der Waals surface area contributed by atoms with Crippen LogP contribution in [0.4, 0.5) is 10.2 Å². The summed E-state index contributed by atoms with van der Waals surface area (Å²) < 4.78 is 50.5. The van der Waals surface area contributed by atoms with Gasteiger partial charge in [0.2, 0.25) is 16.6 Å². The molecule has 0 saturated carbocycles. The Kier molecular flexibility index (Phi) is 8.08. The van der Waals surface area contributed by atoms with Crippen molar-refractivity contribution in [2.24, 2.45) is 0 Å². The van der Waals surface area contributed by atoms with Crippen molar-refractivity contribution in [3.05, 3.63) is 77.1 Å². The van der Waals surface area contributed by atoms with Crippen molar-refractivity contribution < 1.29 is 26.8 Å². The van der Waals surface area contributed by atoms with Gasteiger partial charge in [0.25, 0.3) is 5.91 Å². The molecule has 0 unspecified atom stereocenters. The number of amides is 1. The van der Waals surface area contributed by atoms with E-state index in [1.54, 1.807) is 13.2 Å². The average Bonchev–Trinajstić information content (AvgIpc) is 3.28. The zero-order valence-electron chi connectivity index (χ0n) is 20.8. The summed E-state index contributed by atoms with van der Waals surface area (Å²) in [5.41, 5.74) is 2.61. The molecule has 0 aliphatic carbocycles. The van der Waals surface area contributed by atoms with Gasteiger partial charge in [-0.05, 0) is 72.9 Å². The number of halogens is 1. The molecule has 37 heavy (non-hydrogen) atoms. The summed E-state index contributed by atoms with van der Waals surface area (Å²) in [6, 6.07) is 15.0. The second-order valence-electron chi connectivity index (χ2n) is 8.38. The van der Waals surface area contributed by atoms with Gasteiger partial charge in [-0.25, -0.2) is 12.8 Å². The number of anilines is 1. The summed E-state index contributed by atoms with van der Waals surface area (Å²) in [4.78, 5) is 17.4. The number of nitrogens with zero attached hydrogens (tertiary/aromatic N) is 2. The van der Waals surface area contributed by atoms with E-state index in [-0.39, 0.29) is 35.3 Å². The Bertz CT molecular complexity index is 1470. The van der Waals surface area contributed by atoms with E-state index >= 15 is 0 Å². The van der Waals surface area contributed by atoms with Gasteiger partial charge in [-0.15, -0.1) is 0 Å². The highest BCUT2D eigenvalue weighted by molar-refractivity contribution is 7.74. The maximum Gasteiger partial charge on any atom is 0.255 e. The summed E-state index contributed by atoms with van der Waals surface area (Å²) in [5, 5.41) is 3.07. The van der Waals surface area contributed by atoms with Gasteiger partial charge in [-0.3, -0.25) is 9.10 Å². The molecule has 0 fully saturated rings. The second kappa shape index (κ2) is 11.4. The van der Waals surface area contributed by atoms with Gasteiger partial charge in [-0.2, -0.15) is 4.98 Å². The Morgan fingerprint density at radius 3 is 2.43 bits per heavy atom. The molecule has 0 radical (unpaired) electrons. The second-order valence-corrected chi connectivity index (χ2v) is 9.34. The van der Waals surface area contributed by atoms with Gasteiger partial charge in [0.15, 0.2) is 0 Å². The first-order valence-corrected chi connectivity index (χ1v) is 13.0. The fraction of sp³-hybridized carbons (Fsp3) is 0.259. The van der Waals surface area contributed by atoms with Gasteiger partial charge >= 0.3 is 0 Å². The molecule has 194 valence electrons. The van der Waals surface area contributed by atoms with Crippen molar-refractivity contribution in [1.82, 2.24) is 10.3 Å². The number of carbonyl (C=O) groups excluding carboxylic acids is 1. The third-order valence-electron chi connectivity index (χ3n) is 6.12. The number of carbonyl (C=O) groups is 1. The highest BCUT2D eigenvalue weighted by Crippen LogP contribution is 2.36. The van der Waals surface area contributed by atoms with Crippen molar-refractivity contribution in [1.29, 1.82) is 0 Å². The monoisotopic (exact) mass is 525 g/mol. The number of rotatable bonds is 10. The van der Waals surface area contributed by atoms with Crippen LogP contribution in [0, 0.1) is 5.82 Å². The van der Waals surface area contributed by atoms with Crippen LogP contribution < -0.4 is 14.4 Å². The highest BCUT2D eigenvalue weighted by Gasteiger charge is 2.25. The van der Waals surface area contributed by atoms with Gasteiger partial charge in [-0.1, -0.05) is 19.1 Å². The van der Waals surface area contributed by atoms with Crippen LogP contribution in [0.3, 0.4) is 0 Å². The zero-order chi connectivity index (χ0) is 26.5. The number of hydrogen-bond donors (Lipinski definition) is 2. The standard InChI is InChI=1S/C27H28FN3O5S/c1-4-18-16-22-23(26(32)29-2)24(19-9-11-20(28)12-10-19)36-27(22)30-25(18)31(37(33)34)15-5-6-17-7-13-21(35-3)14-8-17/h7-14,16,37H,4-6,15H2,1-3H3,(H,29,32). The predicted octanol–water partition coefficient (Wildman–Crippen LogP) is 4.53. The van der Waals surface area contributed by atoms with Crippen molar-refractivity contribution >= 4 is 33.7 Å². The number of ether oxygens (including phenoxy) is 1. The van der Waals surface area contributed by atoms with Gasteiger partial charge in [0, 0.05) is 19.2 Å². The fourth-order valence-electron chi connectivity index (χ4n) is 4.18. The number of fused-ring (bicyclic) bond motifs is 1. The van der Waals surface area contributed by atoms with E-state index in [1.165, 1.54) is 35.6 Å². The lowest BCUT2D eigenvalue weighted by Crippen LogP contribution is -2.25. The minimum atomic E-state index is -2.98. The molecule has 2 heterocycles. The molecule has 0 atom stereocenters. The van der Waals surface area contributed by atoms with Crippen LogP contribution in [0.5, 0.6) is 5.75 Å². The Morgan fingerprint density at radius 2 is 1.84 bits per heavy atom. The average molecular weight is 526 g/mol. The molecule has 1 amide bonds. The van der Waals surface area contributed by atoms with Crippen LogP contribution in [-0.4, -0.2) is 40.0 Å². The first-order chi connectivity index (χ1) is 17.9. The number of nitrogens with one attached hydrogen (secondary N) is 1.